The first kappa shape index (κ1) is 16.1. The number of fused-ring (bicyclic) bond motifs is 2. The van der Waals surface area contributed by atoms with Gasteiger partial charge in [0.25, 0.3) is 5.91 Å². The maximum atomic E-state index is 12.9. The SMILES string of the molecule is CCOC(=O)NN1C(=O)C2C3=C(CSCC3)SC2N=C1SC. The average molecular weight is 359 g/mol. The fourth-order valence-electron chi connectivity index (χ4n) is 2.68. The summed E-state index contributed by atoms with van der Waals surface area (Å²) in [6.45, 7) is 1.98. The molecule has 3 aliphatic rings. The van der Waals surface area contributed by atoms with Crippen LogP contribution in [-0.2, 0) is 9.53 Å². The van der Waals surface area contributed by atoms with Crippen LogP contribution < -0.4 is 5.43 Å². The van der Waals surface area contributed by atoms with E-state index in [1.165, 1.54) is 27.2 Å². The third kappa shape index (κ3) is 2.85. The lowest BCUT2D eigenvalue weighted by atomic mass is 9.94. The molecule has 0 spiro atoms. The summed E-state index contributed by atoms with van der Waals surface area (Å²) in [5.74, 6) is 1.65. The summed E-state index contributed by atoms with van der Waals surface area (Å²) in [5, 5.41) is 1.68. The van der Waals surface area contributed by atoms with Crippen LogP contribution in [0.25, 0.3) is 0 Å². The minimum absolute atomic E-state index is 0.0844. The quantitative estimate of drug-likeness (QED) is 0.816. The van der Waals surface area contributed by atoms with Gasteiger partial charge < -0.3 is 4.74 Å². The van der Waals surface area contributed by atoms with Gasteiger partial charge in [-0.1, -0.05) is 11.8 Å². The van der Waals surface area contributed by atoms with Gasteiger partial charge in [-0.3, -0.25) is 4.79 Å². The molecule has 0 fully saturated rings. The summed E-state index contributed by atoms with van der Waals surface area (Å²) >= 11 is 4.94. The second-order valence-corrected chi connectivity index (χ2v) is 7.95. The molecular weight excluding hydrogens is 342 g/mol. The van der Waals surface area contributed by atoms with Crippen molar-refractivity contribution in [3.05, 3.63) is 10.5 Å². The normalized spacial score (nSPS) is 27.3. The molecule has 0 aromatic heterocycles. The van der Waals surface area contributed by atoms with Crippen molar-refractivity contribution >= 4 is 52.5 Å². The third-order valence-electron chi connectivity index (χ3n) is 3.61. The number of hydrogen-bond acceptors (Lipinski definition) is 7. The van der Waals surface area contributed by atoms with Crippen LogP contribution >= 0.6 is 35.3 Å². The van der Waals surface area contributed by atoms with E-state index in [0.29, 0.717) is 5.17 Å². The molecule has 2 amide bonds. The van der Waals surface area contributed by atoms with E-state index in [2.05, 4.69) is 10.4 Å². The first-order chi connectivity index (χ1) is 10.7. The number of ether oxygens (including phenoxy) is 1. The van der Waals surface area contributed by atoms with E-state index < -0.39 is 6.09 Å². The zero-order chi connectivity index (χ0) is 15.7. The summed E-state index contributed by atoms with van der Waals surface area (Å²) < 4.78 is 4.88. The molecule has 3 rings (SSSR count). The van der Waals surface area contributed by atoms with Crippen molar-refractivity contribution in [2.45, 2.75) is 18.7 Å². The molecule has 22 heavy (non-hydrogen) atoms. The summed E-state index contributed by atoms with van der Waals surface area (Å²) in [5.41, 5.74) is 3.72. The summed E-state index contributed by atoms with van der Waals surface area (Å²) in [7, 11) is 0. The van der Waals surface area contributed by atoms with Gasteiger partial charge >= 0.3 is 6.09 Å². The number of rotatable bonds is 2. The van der Waals surface area contributed by atoms with E-state index in [1.807, 2.05) is 18.0 Å². The second-order valence-electron chi connectivity index (χ2n) is 4.86. The zero-order valence-electron chi connectivity index (χ0n) is 12.3. The largest absolute Gasteiger partial charge is 0.449 e. The molecule has 0 aromatic rings. The van der Waals surface area contributed by atoms with Crippen molar-refractivity contribution in [1.29, 1.82) is 0 Å². The van der Waals surface area contributed by atoms with Crippen LogP contribution in [0.4, 0.5) is 4.79 Å². The van der Waals surface area contributed by atoms with Gasteiger partial charge in [-0.25, -0.2) is 15.2 Å². The number of amidine groups is 1. The van der Waals surface area contributed by atoms with E-state index >= 15 is 0 Å². The third-order valence-corrected chi connectivity index (χ3v) is 6.74. The number of nitrogens with zero attached hydrogens (tertiary/aromatic N) is 2. The van der Waals surface area contributed by atoms with Gasteiger partial charge in [-0.15, -0.1) is 11.8 Å². The Morgan fingerprint density at radius 1 is 1.59 bits per heavy atom. The molecule has 0 saturated heterocycles. The lowest BCUT2D eigenvalue weighted by Crippen LogP contribution is -2.55. The Kier molecular flexibility index (Phi) is 4.94. The van der Waals surface area contributed by atoms with Crippen LogP contribution in [0.5, 0.6) is 0 Å². The lowest BCUT2D eigenvalue weighted by Gasteiger charge is -2.32. The number of carbonyl (C=O) groups excluding carboxylic acids is 2. The Labute approximate surface area is 141 Å². The molecule has 1 N–H and O–H groups in total. The topological polar surface area (TPSA) is 71.0 Å². The minimum atomic E-state index is -0.630. The molecule has 0 aliphatic carbocycles. The summed E-state index contributed by atoms with van der Waals surface area (Å²) in [6, 6.07) is 0. The smallest absolute Gasteiger partial charge is 0.426 e. The number of aliphatic imine (C=N–C) groups is 1. The maximum absolute atomic E-state index is 12.9. The van der Waals surface area contributed by atoms with E-state index in [9.17, 15) is 9.59 Å². The Hall–Kier alpha value is -0.800. The van der Waals surface area contributed by atoms with Gasteiger partial charge in [0.2, 0.25) is 0 Å². The molecule has 0 radical (unpaired) electrons. The van der Waals surface area contributed by atoms with Gasteiger partial charge in [0, 0.05) is 5.75 Å². The molecule has 0 aromatic carbocycles. The van der Waals surface area contributed by atoms with E-state index in [0.717, 1.165) is 17.9 Å². The van der Waals surface area contributed by atoms with Gasteiger partial charge in [-0.2, -0.15) is 16.8 Å². The highest BCUT2D eigenvalue weighted by Gasteiger charge is 2.47. The van der Waals surface area contributed by atoms with Crippen molar-refractivity contribution in [2.24, 2.45) is 10.9 Å². The van der Waals surface area contributed by atoms with Gasteiger partial charge in [0.1, 0.15) is 5.37 Å². The van der Waals surface area contributed by atoms with Crippen LogP contribution in [0.15, 0.2) is 15.5 Å². The molecular formula is C13H17N3O3S3. The Morgan fingerprint density at radius 2 is 2.41 bits per heavy atom. The minimum Gasteiger partial charge on any atom is -0.449 e. The molecule has 3 aliphatic heterocycles. The fraction of sp³-hybridized carbons (Fsp3) is 0.615. The van der Waals surface area contributed by atoms with Crippen molar-refractivity contribution in [3.8, 4) is 0 Å². The summed E-state index contributed by atoms with van der Waals surface area (Å²) in [4.78, 5) is 30.5. The predicted octanol–water partition coefficient (Wildman–Crippen LogP) is 2.29. The van der Waals surface area contributed by atoms with Crippen molar-refractivity contribution in [3.63, 3.8) is 0 Å². The number of thioether (sulfide) groups is 3. The average Bonchev–Trinajstić information content (AvgIpc) is 2.88. The standard InChI is InChI=1S/C13H17N3O3S3/c1-3-19-13(18)15-16-11(17)9-7-4-5-21-6-8(7)22-10(9)14-12(16)20-2/h9-10H,3-6H2,1-2H3,(H,15,18). The number of hydrogen-bond donors (Lipinski definition) is 1. The highest BCUT2D eigenvalue weighted by molar-refractivity contribution is 8.13. The molecule has 6 nitrogen and oxygen atoms in total. The van der Waals surface area contributed by atoms with E-state index in [4.69, 9.17) is 4.74 Å². The molecule has 120 valence electrons. The van der Waals surface area contributed by atoms with Crippen molar-refractivity contribution in [1.82, 2.24) is 10.4 Å². The number of amides is 2. The van der Waals surface area contributed by atoms with E-state index in [1.54, 1.807) is 18.7 Å². The first-order valence-electron chi connectivity index (χ1n) is 7.01. The van der Waals surface area contributed by atoms with Crippen LogP contribution in [0.3, 0.4) is 0 Å². The lowest BCUT2D eigenvalue weighted by molar-refractivity contribution is -0.132. The summed E-state index contributed by atoms with van der Waals surface area (Å²) in [6.07, 6.45) is 2.14. The highest BCUT2D eigenvalue weighted by atomic mass is 32.2. The van der Waals surface area contributed by atoms with Gasteiger partial charge in [0.15, 0.2) is 5.17 Å². The Morgan fingerprint density at radius 3 is 3.14 bits per heavy atom. The number of hydrazine groups is 1. The van der Waals surface area contributed by atoms with E-state index in [-0.39, 0.29) is 23.8 Å². The number of nitrogens with one attached hydrogen (secondary N) is 1. The van der Waals surface area contributed by atoms with Crippen molar-refractivity contribution in [2.75, 3.05) is 24.4 Å². The number of carbonyl (C=O) groups is 2. The molecule has 3 heterocycles. The maximum Gasteiger partial charge on any atom is 0.426 e. The van der Waals surface area contributed by atoms with Crippen LogP contribution in [-0.4, -0.2) is 51.9 Å². The van der Waals surface area contributed by atoms with Crippen LogP contribution in [0.1, 0.15) is 13.3 Å². The van der Waals surface area contributed by atoms with Crippen molar-refractivity contribution < 1.29 is 14.3 Å². The van der Waals surface area contributed by atoms with Gasteiger partial charge in [0.05, 0.1) is 12.5 Å². The molecule has 0 saturated carbocycles. The Bertz CT molecular complexity index is 564. The second kappa shape index (κ2) is 6.76. The fourth-order valence-corrected chi connectivity index (χ4v) is 5.92. The molecule has 0 bridgehead atoms. The Balaban J connectivity index is 1.86. The first-order valence-corrected chi connectivity index (χ1v) is 10.3. The monoisotopic (exact) mass is 359 g/mol. The van der Waals surface area contributed by atoms with Crippen LogP contribution in [0.2, 0.25) is 0 Å². The molecule has 2 atom stereocenters. The highest BCUT2D eigenvalue weighted by Crippen LogP contribution is 2.50. The van der Waals surface area contributed by atoms with Crippen LogP contribution in [0, 0.1) is 5.92 Å². The molecule has 2 unspecified atom stereocenters. The van der Waals surface area contributed by atoms with Gasteiger partial charge in [-0.05, 0) is 35.8 Å². The predicted molar refractivity (Wildman–Crippen MR) is 91.8 cm³/mol. The molecule has 9 heteroatoms. The zero-order valence-corrected chi connectivity index (χ0v) is 14.8.